The van der Waals surface area contributed by atoms with Crippen LogP contribution in [0.3, 0.4) is 0 Å². The molecule has 0 saturated carbocycles. The molecule has 0 bridgehead atoms. The molecule has 0 spiro atoms. The van der Waals surface area contributed by atoms with Crippen LogP contribution in [0.1, 0.15) is 33.6 Å². The Labute approximate surface area is 114 Å². The SMILES string of the molecule is CC1=CC(C)(C)CC[C@@H]1OC(=O)Nc1ccccc1. The van der Waals surface area contributed by atoms with Crippen molar-refractivity contribution in [2.75, 3.05) is 5.32 Å². The molecule has 1 aliphatic rings. The number of hydrogen-bond acceptors (Lipinski definition) is 2. The highest BCUT2D eigenvalue weighted by Crippen LogP contribution is 2.34. The average Bonchev–Trinajstić information content (AvgIpc) is 2.33. The number of amides is 1. The van der Waals surface area contributed by atoms with Gasteiger partial charge in [-0.15, -0.1) is 0 Å². The fraction of sp³-hybridized carbons (Fsp3) is 0.438. The fourth-order valence-electron chi connectivity index (χ4n) is 2.46. The van der Waals surface area contributed by atoms with Crippen molar-refractivity contribution in [3.8, 4) is 0 Å². The van der Waals surface area contributed by atoms with Crippen molar-refractivity contribution in [2.24, 2.45) is 5.41 Å². The molecule has 0 fully saturated rings. The minimum atomic E-state index is -0.386. The van der Waals surface area contributed by atoms with Gasteiger partial charge >= 0.3 is 6.09 Å². The zero-order valence-corrected chi connectivity index (χ0v) is 11.8. The van der Waals surface area contributed by atoms with Crippen LogP contribution in [0.25, 0.3) is 0 Å². The van der Waals surface area contributed by atoms with Crippen molar-refractivity contribution >= 4 is 11.8 Å². The molecule has 19 heavy (non-hydrogen) atoms. The lowest BCUT2D eigenvalue weighted by Crippen LogP contribution is -2.29. The van der Waals surface area contributed by atoms with Gasteiger partial charge in [-0.3, -0.25) is 5.32 Å². The summed E-state index contributed by atoms with van der Waals surface area (Å²) in [4.78, 5) is 11.8. The number of rotatable bonds is 2. The van der Waals surface area contributed by atoms with Crippen molar-refractivity contribution in [2.45, 2.75) is 39.7 Å². The van der Waals surface area contributed by atoms with Gasteiger partial charge in [0.05, 0.1) is 0 Å². The standard InChI is InChI=1S/C16H21NO2/c1-12-11-16(2,3)10-9-14(12)19-15(18)17-13-7-5-4-6-8-13/h4-8,11,14H,9-10H2,1-3H3,(H,17,18)/t14-/m0/s1. The van der Waals surface area contributed by atoms with Crippen LogP contribution >= 0.6 is 0 Å². The third-order valence-corrected chi connectivity index (χ3v) is 3.45. The van der Waals surface area contributed by atoms with E-state index in [0.717, 1.165) is 24.1 Å². The zero-order valence-electron chi connectivity index (χ0n) is 11.8. The van der Waals surface area contributed by atoms with Crippen molar-refractivity contribution in [1.29, 1.82) is 0 Å². The third-order valence-electron chi connectivity index (χ3n) is 3.45. The summed E-state index contributed by atoms with van der Waals surface area (Å²) in [5, 5.41) is 2.74. The number of nitrogens with one attached hydrogen (secondary N) is 1. The summed E-state index contributed by atoms with van der Waals surface area (Å²) in [5.41, 5.74) is 2.10. The molecule has 1 amide bonds. The van der Waals surface area contributed by atoms with Crippen LogP contribution in [0.5, 0.6) is 0 Å². The summed E-state index contributed by atoms with van der Waals surface area (Å²) in [6, 6.07) is 9.35. The van der Waals surface area contributed by atoms with Gasteiger partial charge in [0.15, 0.2) is 0 Å². The number of ether oxygens (including phenoxy) is 1. The first-order chi connectivity index (χ1) is 8.96. The van der Waals surface area contributed by atoms with E-state index in [1.807, 2.05) is 37.3 Å². The molecule has 1 aromatic carbocycles. The van der Waals surface area contributed by atoms with E-state index in [0.29, 0.717) is 0 Å². The van der Waals surface area contributed by atoms with Crippen LogP contribution in [0.2, 0.25) is 0 Å². The number of carbonyl (C=O) groups is 1. The molecular formula is C16H21NO2. The number of carbonyl (C=O) groups excluding carboxylic acids is 1. The van der Waals surface area contributed by atoms with Gasteiger partial charge in [0.1, 0.15) is 6.10 Å². The van der Waals surface area contributed by atoms with E-state index in [9.17, 15) is 4.79 Å². The second-order valence-electron chi connectivity index (χ2n) is 5.80. The van der Waals surface area contributed by atoms with Crippen molar-refractivity contribution in [1.82, 2.24) is 0 Å². The normalized spacial score (nSPS) is 21.4. The average molecular weight is 259 g/mol. The van der Waals surface area contributed by atoms with E-state index in [2.05, 4.69) is 25.2 Å². The summed E-state index contributed by atoms with van der Waals surface area (Å²) in [6.45, 7) is 6.44. The van der Waals surface area contributed by atoms with Gasteiger partial charge in [-0.1, -0.05) is 38.1 Å². The summed E-state index contributed by atoms with van der Waals surface area (Å²) in [7, 11) is 0. The highest BCUT2D eigenvalue weighted by atomic mass is 16.6. The molecule has 0 unspecified atom stereocenters. The molecule has 1 aromatic rings. The Morgan fingerprint density at radius 3 is 2.63 bits per heavy atom. The summed E-state index contributed by atoms with van der Waals surface area (Å²) >= 11 is 0. The first-order valence-electron chi connectivity index (χ1n) is 6.68. The Hall–Kier alpha value is -1.77. The van der Waals surface area contributed by atoms with E-state index in [1.165, 1.54) is 0 Å². The lowest BCUT2D eigenvalue weighted by molar-refractivity contribution is 0.110. The topological polar surface area (TPSA) is 38.3 Å². The second kappa shape index (κ2) is 5.47. The lowest BCUT2D eigenvalue weighted by Gasteiger charge is -2.31. The van der Waals surface area contributed by atoms with E-state index in [1.54, 1.807) is 0 Å². The Morgan fingerprint density at radius 1 is 1.32 bits per heavy atom. The summed E-state index contributed by atoms with van der Waals surface area (Å²) in [6.07, 6.45) is 3.64. The number of anilines is 1. The van der Waals surface area contributed by atoms with Crippen LogP contribution in [0.15, 0.2) is 42.0 Å². The van der Waals surface area contributed by atoms with E-state index < -0.39 is 0 Å². The Morgan fingerprint density at radius 2 is 2.00 bits per heavy atom. The molecule has 2 rings (SSSR count). The van der Waals surface area contributed by atoms with Crippen molar-refractivity contribution < 1.29 is 9.53 Å². The quantitative estimate of drug-likeness (QED) is 0.801. The minimum Gasteiger partial charge on any atom is -0.441 e. The number of para-hydroxylation sites is 1. The van der Waals surface area contributed by atoms with Crippen LogP contribution < -0.4 is 5.32 Å². The predicted molar refractivity (Wildman–Crippen MR) is 77.1 cm³/mol. The molecule has 3 heteroatoms. The highest BCUT2D eigenvalue weighted by Gasteiger charge is 2.27. The first-order valence-corrected chi connectivity index (χ1v) is 6.68. The zero-order chi connectivity index (χ0) is 13.9. The van der Waals surface area contributed by atoms with Crippen molar-refractivity contribution in [3.63, 3.8) is 0 Å². The molecule has 0 aliphatic heterocycles. The molecule has 3 nitrogen and oxygen atoms in total. The van der Waals surface area contributed by atoms with Crippen molar-refractivity contribution in [3.05, 3.63) is 42.0 Å². The van der Waals surface area contributed by atoms with Gasteiger partial charge in [0, 0.05) is 5.69 Å². The largest absolute Gasteiger partial charge is 0.441 e. The molecule has 1 N–H and O–H groups in total. The lowest BCUT2D eigenvalue weighted by atomic mass is 9.79. The first kappa shape index (κ1) is 13.7. The van der Waals surface area contributed by atoms with Crippen LogP contribution in [-0.4, -0.2) is 12.2 Å². The smallest absolute Gasteiger partial charge is 0.412 e. The number of hydrogen-bond donors (Lipinski definition) is 1. The van der Waals surface area contributed by atoms with Gasteiger partial charge < -0.3 is 4.74 Å². The molecule has 0 saturated heterocycles. The van der Waals surface area contributed by atoms with Crippen LogP contribution in [-0.2, 0) is 4.74 Å². The molecule has 0 aromatic heterocycles. The maximum absolute atomic E-state index is 11.8. The van der Waals surface area contributed by atoms with Gasteiger partial charge in [0.25, 0.3) is 0 Å². The van der Waals surface area contributed by atoms with E-state index >= 15 is 0 Å². The van der Waals surface area contributed by atoms with Crippen LogP contribution in [0.4, 0.5) is 10.5 Å². The molecule has 1 atom stereocenters. The van der Waals surface area contributed by atoms with E-state index in [-0.39, 0.29) is 17.6 Å². The second-order valence-corrected chi connectivity index (χ2v) is 5.80. The Balaban J connectivity index is 1.93. The highest BCUT2D eigenvalue weighted by molar-refractivity contribution is 5.84. The molecular weight excluding hydrogens is 238 g/mol. The maximum atomic E-state index is 11.8. The van der Waals surface area contributed by atoms with Crippen LogP contribution in [0, 0.1) is 5.41 Å². The minimum absolute atomic E-state index is 0.100. The van der Waals surface area contributed by atoms with Gasteiger partial charge in [-0.2, -0.15) is 0 Å². The summed E-state index contributed by atoms with van der Waals surface area (Å²) in [5.74, 6) is 0. The number of allylic oxidation sites excluding steroid dienone is 1. The third kappa shape index (κ3) is 3.85. The predicted octanol–water partition coefficient (Wildman–Crippen LogP) is 4.37. The van der Waals surface area contributed by atoms with Gasteiger partial charge in [0.2, 0.25) is 0 Å². The maximum Gasteiger partial charge on any atom is 0.412 e. The summed E-state index contributed by atoms with van der Waals surface area (Å²) < 4.78 is 5.48. The monoisotopic (exact) mass is 259 g/mol. The molecule has 102 valence electrons. The number of benzene rings is 1. The van der Waals surface area contributed by atoms with E-state index in [4.69, 9.17) is 4.74 Å². The molecule has 0 radical (unpaired) electrons. The van der Waals surface area contributed by atoms with Gasteiger partial charge in [-0.25, -0.2) is 4.79 Å². The fourth-order valence-corrected chi connectivity index (χ4v) is 2.46. The molecule has 0 heterocycles. The Kier molecular flexibility index (Phi) is 3.93. The Bertz CT molecular complexity index is 477. The van der Waals surface area contributed by atoms with Gasteiger partial charge in [-0.05, 0) is 42.9 Å². The molecule has 1 aliphatic carbocycles.